The van der Waals surface area contributed by atoms with E-state index in [1.807, 2.05) is 0 Å². The number of hydrogen-bond donors (Lipinski definition) is 2. The van der Waals surface area contributed by atoms with Crippen molar-refractivity contribution in [3.8, 4) is 0 Å². The molecule has 1 aromatic heterocycles. The molecule has 0 radical (unpaired) electrons. The smallest absolute Gasteiger partial charge is 0.250 e. The van der Waals surface area contributed by atoms with Gasteiger partial charge in [-0.15, -0.1) is 0 Å². The van der Waals surface area contributed by atoms with E-state index in [1.165, 1.54) is 24.4 Å². The quantitative estimate of drug-likeness (QED) is 0.326. The lowest BCUT2D eigenvalue weighted by Gasteiger charge is -2.21. The third-order valence-corrected chi connectivity index (χ3v) is 3.79. The van der Waals surface area contributed by atoms with E-state index < -0.39 is 17.9 Å². The molecule has 0 aliphatic carbocycles. The van der Waals surface area contributed by atoms with Gasteiger partial charge >= 0.3 is 0 Å². The molecule has 3 N–H and O–H groups in total. The van der Waals surface area contributed by atoms with Gasteiger partial charge in [0, 0.05) is 17.0 Å². The van der Waals surface area contributed by atoms with Gasteiger partial charge in [0.15, 0.2) is 0 Å². The van der Waals surface area contributed by atoms with Gasteiger partial charge in [0.1, 0.15) is 0 Å². The lowest BCUT2D eigenvalue weighted by Crippen LogP contribution is -2.38. The fraction of sp³-hybridized carbons (Fsp3) is 0.438. The maximum absolute atomic E-state index is 11.4. The molecular weight excluding hydrogens is 312 g/mol. The van der Waals surface area contributed by atoms with Crippen LogP contribution in [-0.4, -0.2) is 32.8 Å². The average Bonchev–Trinajstić information content (AvgIpc) is 2.53. The van der Waals surface area contributed by atoms with E-state index in [4.69, 9.17) is 5.73 Å². The first-order chi connectivity index (χ1) is 11.3. The molecule has 0 bridgehead atoms. The van der Waals surface area contributed by atoms with Crippen molar-refractivity contribution >= 4 is 17.7 Å². The molecule has 1 heterocycles. The number of pyridine rings is 1. The number of hydrogen-bond acceptors (Lipinski definition) is 6. The first kappa shape index (κ1) is 19.3. The number of primary amides is 1. The molecule has 2 atom stereocenters. The molecule has 0 fully saturated rings. The van der Waals surface area contributed by atoms with Gasteiger partial charge in [-0.1, -0.05) is 25.9 Å². The highest BCUT2D eigenvalue weighted by molar-refractivity contribution is 6.02. The van der Waals surface area contributed by atoms with E-state index >= 15 is 0 Å². The van der Waals surface area contributed by atoms with Crippen molar-refractivity contribution < 1.29 is 14.9 Å². The fourth-order valence-electron chi connectivity index (χ4n) is 2.63. The average molecular weight is 334 g/mol. The molecule has 1 rings (SSSR count). The minimum Gasteiger partial charge on any atom is -0.411 e. The minimum atomic E-state index is -0.884. The van der Waals surface area contributed by atoms with Crippen LogP contribution in [0.3, 0.4) is 0 Å². The van der Waals surface area contributed by atoms with Gasteiger partial charge in [-0.25, -0.2) is 0 Å². The predicted octanol–water partition coefficient (Wildman–Crippen LogP) is 2.35. The van der Waals surface area contributed by atoms with Crippen LogP contribution in [0, 0.1) is 22.0 Å². The molecule has 1 amide bonds. The van der Waals surface area contributed by atoms with Crippen molar-refractivity contribution in [3.05, 3.63) is 45.8 Å². The molecule has 2 unspecified atom stereocenters. The second-order valence-corrected chi connectivity index (χ2v) is 5.69. The second-order valence-electron chi connectivity index (χ2n) is 5.69. The standard InChI is InChI=1S/C16H22N4O4/c1-4-11(15(10(2)3)20(23)24)14(19-22)8-7-13-12(16(17)21)6-5-9-18-13/h5-11,15,22H,4H2,1-3H3,(H2,17,21)/b8-7+,19-14-. The first-order valence-corrected chi connectivity index (χ1v) is 7.61. The summed E-state index contributed by atoms with van der Waals surface area (Å²) < 4.78 is 0. The van der Waals surface area contributed by atoms with Crippen LogP contribution in [-0.2, 0) is 0 Å². The Morgan fingerprint density at radius 2 is 2.21 bits per heavy atom. The van der Waals surface area contributed by atoms with Gasteiger partial charge in [0.05, 0.1) is 22.9 Å². The van der Waals surface area contributed by atoms with Gasteiger partial charge in [-0.05, 0) is 30.7 Å². The summed E-state index contributed by atoms with van der Waals surface area (Å²) in [6, 6.07) is 2.22. The Bertz CT molecular complexity index is 655. The molecule has 0 aliphatic heterocycles. The van der Waals surface area contributed by atoms with E-state index in [-0.39, 0.29) is 22.1 Å². The summed E-state index contributed by atoms with van der Waals surface area (Å²) >= 11 is 0. The number of rotatable bonds is 8. The van der Waals surface area contributed by atoms with E-state index in [9.17, 15) is 20.1 Å². The molecule has 0 aromatic carbocycles. The lowest BCUT2D eigenvalue weighted by atomic mass is 9.85. The van der Waals surface area contributed by atoms with E-state index in [0.29, 0.717) is 12.1 Å². The predicted molar refractivity (Wildman–Crippen MR) is 90.4 cm³/mol. The maximum atomic E-state index is 11.4. The van der Waals surface area contributed by atoms with Crippen molar-refractivity contribution in [2.75, 3.05) is 0 Å². The number of nitrogens with zero attached hydrogens (tertiary/aromatic N) is 3. The highest BCUT2D eigenvalue weighted by Gasteiger charge is 2.36. The molecule has 8 nitrogen and oxygen atoms in total. The van der Waals surface area contributed by atoms with Crippen molar-refractivity contribution in [2.24, 2.45) is 22.7 Å². The van der Waals surface area contributed by atoms with E-state index in [2.05, 4.69) is 10.1 Å². The zero-order valence-electron chi connectivity index (χ0n) is 13.9. The van der Waals surface area contributed by atoms with E-state index in [1.54, 1.807) is 26.8 Å². The largest absolute Gasteiger partial charge is 0.411 e. The van der Waals surface area contributed by atoms with Crippen LogP contribution >= 0.6 is 0 Å². The summed E-state index contributed by atoms with van der Waals surface area (Å²) in [6.07, 6.45) is 4.82. The highest BCUT2D eigenvalue weighted by atomic mass is 16.6. The van der Waals surface area contributed by atoms with Crippen LogP contribution in [0.25, 0.3) is 6.08 Å². The van der Waals surface area contributed by atoms with Crippen LogP contribution in [0.15, 0.2) is 29.6 Å². The van der Waals surface area contributed by atoms with Crippen LogP contribution in [0.1, 0.15) is 43.2 Å². The second kappa shape index (κ2) is 8.76. The Morgan fingerprint density at radius 1 is 1.54 bits per heavy atom. The third-order valence-electron chi connectivity index (χ3n) is 3.79. The van der Waals surface area contributed by atoms with Gasteiger partial charge < -0.3 is 10.9 Å². The van der Waals surface area contributed by atoms with Crippen molar-refractivity contribution in [2.45, 2.75) is 33.2 Å². The SMILES string of the molecule is CCC(C(/C=C/c1ncccc1C(N)=O)=N\O)C(C(C)C)[N+](=O)[O-]. The van der Waals surface area contributed by atoms with Gasteiger partial charge in [0.25, 0.3) is 5.91 Å². The molecule has 24 heavy (non-hydrogen) atoms. The monoisotopic (exact) mass is 334 g/mol. The molecule has 130 valence electrons. The Hall–Kier alpha value is -2.77. The maximum Gasteiger partial charge on any atom is 0.250 e. The number of nitro groups is 1. The van der Waals surface area contributed by atoms with Gasteiger partial charge in [0.2, 0.25) is 6.04 Å². The molecule has 0 saturated heterocycles. The van der Waals surface area contributed by atoms with Crippen LogP contribution < -0.4 is 5.73 Å². The zero-order valence-corrected chi connectivity index (χ0v) is 13.9. The molecule has 0 spiro atoms. The number of aromatic nitrogens is 1. The highest BCUT2D eigenvalue weighted by Crippen LogP contribution is 2.22. The van der Waals surface area contributed by atoms with Gasteiger partial charge in [-0.3, -0.25) is 19.9 Å². The zero-order chi connectivity index (χ0) is 18.3. The topological polar surface area (TPSA) is 132 Å². The Morgan fingerprint density at radius 3 is 2.67 bits per heavy atom. The van der Waals surface area contributed by atoms with Crippen LogP contribution in [0.4, 0.5) is 0 Å². The lowest BCUT2D eigenvalue weighted by molar-refractivity contribution is -0.536. The van der Waals surface area contributed by atoms with Crippen LogP contribution in [0.5, 0.6) is 0 Å². The Kier molecular flexibility index (Phi) is 7.03. The molecule has 8 heteroatoms. The molecule has 0 aliphatic rings. The number of nitrogens with two attached hydrogens (primary N) is 1. The summed E-state index contributed by atoms with van der Waals surface area (Å²) in [6.45, 7) is 5.29. The normalized spacial score (nSPS) is 14.8. The number of carbonyl (C=O) groups excluding carboxylic acids is 1. The number of allylic oxidation sites excluding steroid dienone is 1. The van der Waals surface area contributed by atoms with Crippen LogP contribution in [0.2, 0.25) is 0 Å². The summed E-state index contributed by atoms with van der Waals surface area (Å²) in [4.78, 5) is 26.4. The van der Waals surface area contributed by atoms with Crippen molar-refractivity contribution in [1.29, 1.82) is 0 Å². The number of amides is 1. The number of carbonyl (C=O) groups is 1. The summed E-state index contributed by atoms with van der Waals surface area (Å²) in [5.74, 6) is -1.43. The van der Waals surface area contributed by atoms with Gasteiger partial charge in [-0.2, -0.15) is 0 Å². The minimum absolute atomic E-state index is 0.161. The molecule has 0 saturated carbocycles. The first-order valence-electron chi connectivity index (χ1n) is 7.61. The molecule has 1 aromatic rings. The Balaban J connectivity index is 3.18. The summed E-state index contributed by atoms with van der Waals surface area (Å²) in [5.41, 5.74) is 5.97. The summed E-state index contributed by atoms with van der Waals surface area (Å²) in [7, 11) is 0. The fourth-order valence-corrected chi connectivity index (χ4v) is 2.63. The van der Waals surface area contributed by atoms with Crippen molar-refractivity contribution in [3.63, 3.8) is 0 Å². The summed E-state index contributed by atoms with van der Waals surface area (Å²) in [5, 5.41) is 23.9. The number of oxime groups is 1. The molecular formula is C16H22N4O4. The van der Waals surface area contributed by atoms with Crippen molar-refractivity contribution in [1.82, 2.24) is 4.98 Å². The third kappa shape index (κ3) is 4.61. The Labute approximate surface area is 140 Å². The van der Waals surface area contributed by atoms with E-state index in [0.717, 1.165) is 0 Å².